The third kappa shape index (κ3) is 4.55. The quantitative estimate of drug-likeness (QED) is 0.794. The maximum Gasteiger partial charge on any atom is 0.314 e. The Morgan fingerprint density at radius 2 is 1.46 bits per heavy atom. The molecule has 1 aliphatic rings. The van der Waals surface area contributed by atoms with E-state index in [0.717, 1.165) is 24.3 Å². The maximum absolute atomic E-state index is 12.1. The molecule has 0 aliphatic carbocycles. The van der Waals surface area contributed by atoms with Crippen LogP contribution in [0.25, 0.3) is 0 Å². The van der Waals surface area contributed by atoms with Gasteiger partial charge in [0, 0.05) is 35.2 Å². The van der Waals surface area contributed by atoms with Crippen molar-refractivity contribution in [2.75, 3.05) is 28.6 Å². The number of piperidine rings is 1. The van der Waals surface area contributed by atoms with Crippen LogP contribution in [-0.2, 0) is 9.59 Å². The van der Waals surface area contributed by atoms with Crippen molar-refractivity contribution in [3.05, 3.63) is 53.1 Å². The van der Waals surface area contributed by atoms with Gasteiger partial charge in [-0.25, -0.2) is 0 Å². The van der Waals surface area contributed by atoms with Crippen LogP contribution in [0.5, 0.6) is 0 Å². The van der Waals surface area contributed by atoms with E-state index in [0.29, 0.717) is 16.4 Å². The van der Waals surface area contributed by atoms with Crippen molar-refractivity contribution < 1.29 is 9.59 Å². The minimum absolute atomic E-state index is 0.487. The lowest BCUT2D eigenvalue weighted by Gasteiger charge is -2.28. The van der Waals surface area contributed by atoms with E-state index in [4.69, 9.17) is 11.6 Å². The lowest BCUT2D eigenvalue weighted by molar-refractivity contribution is -0.132. The van der Waals surface area contributed by atoms with Crippen molar-refractivity contribution in [1.29, 1.82) is 0 Å². The number of nitrogens with one attached hydrogen (secondary N) is 2. The number of amides is 2. The molecule has 0 spiro atoms. The monoisotopic (exact) mass is 371 g/mol. The molecule has 6 heteroatoms. The Labute approximate surface area is 158 Å². The highest BCUT2D eigenvalue weighted by molar-refractivity contribution is 6.43. The summed E-state index contributed by atoms with van der Waals surface area (Å²) in [5, 5.41) is 5.70. The van der Waals surface area contributed by atoms with Crippen molar-refractivity contribution in [1.82, 2.24) is 0 Å². The van der Waals surface area contributed by atoms with Gasteiger partial charge in [-0.1, -0.05) is 17.7 Å². The fourth-order valence-corrected chi connectivity index (χ4v) is 3.13. The number of rotatable bonds is 3. The van der Waals surface area contributed by atoms with Gasteiger partial charge < -0.3 is 15.5 Å². The summed E-state index contributed by atoms with van der Waals surface area (Å²) in [4.78, 5) is 26.5. The van der Waals surface area contributed by atoms with Gasteiger partial charge in [-0.2, -0.15) is 0 Å². The zero-order valence-electron chi connectivity index (χ0n) is 14.7. The van der Waals surface area contributed by atoms with Crippen LogP contribution in [0.2, 0.25) is 5.02 Å². The summed E-state index contributed by atoms with van der Waals surface area (Å²) in [5.74, 6) is -1.45. The van der Waals surface area contributed by atoms with E-state index in [1.165, 1.54) is 19.3 Å². The van der Waals surface area contributed by atoms with E-state index < -0.39 is 11.8 Å². The van der Waals surface area contributed by atoms with Crippen LogP contribution in [0.1, 0.15) is 24.8 Å². The molecule has 0 unspecified atom stereocenters. The minimum atomic E-state index is -0.731. The van der Waals surface area contributed by atoms with Gasteiger partial charge in [-0.3, -0.25) is 9.59 Å². The summed E-state index contributed by atoms with van der Waals surface area (Å²) in [6, 6.07) is 12.7. The molecule has 26 heavy (non-hydrogen) atoms. The maximum atomic E-state index is 12.1. The van der Waals surface area contributed by atoms with Gasteiger partial charge in [0.25, 0.3) is 0 Å². The van der Waals surface area contributed by atoms with Crippen LogP contribution in [-0.4, -0.2) is 24.9 Å². The second-order valence-corrected chi connectivity index (χ2v) is 6.87. The molecule has 1 aliphatic heterocycles. The first-order chi connectivity index (χ1) is 12.5. The molecule has 2 aromatic carbocycles. The van der Waals surface area contributed by atoms with E-state index in [2.05, 4.69) is 15.5 Å². The van der Waals surface area contributed by atoms with Gasteiger partial charge >= 0.3 is 11.8 Å². The predicted molar refractivity (Wildman–Crippen MR) is 106 cm³/mol. The Hall–Kier alpha value is -2.53. The van der Waals surface area contributed by atoms with Crippen molar-refractivity contribution in [2.45, 2.75) is 26.2 Å². The molecule has 5 nitrogen and oxygen atoms in total. The lowest BCUT2D eigenvalue weighted by Crippen LogP contribution is -2.30. The number of hydrogen-bond donors (Lipinski definition) is 2. The molecule has 136 valence electrons. The Balaban J connectivity index is 1.58. The number of aryl methyl sites for hydroxylation is 1. The van der Waals surface area contributed by atoms with Crippen molar-refractivity contribution in [2.24, 2.45) is 0 Å². The number of hydrogen-bond acceptors (Lipinski definition) is 3. The van der Waals surface area contributed by atoms with E-state index >= 15 is 0 Å². The number of nitrogens with zero attached hydrogens (tertiary/aromatic N) is 1. The predicted octanol–water partition coefficient (Wildman–Crippen LogP) is 4.22. The largest absolute Gasteiger partial charge is 0.372 e. The Morgan fingerprint density at radius 3 is 2.08 bits per heavy atom. The average Bonchev–Trinajstić information content (AvgIpc) is 2.66. The summed E-state index contributed by atoms with van der Waals surface area (Å²) in [6.07, 6.45) is 3.70. The molecule has 0 saturated carbocycles. The van der Waals surface area contributed by atoms with Crippen molar-refractivity contribution in [3.63, 3.8) is 0 Å². The van der Waals surface area contributed by atoms with Gasteiger partial charge in [0.2, 0.25) is 0 Å². The van der Waals surface area contributed by atoms with Crippen LogP contribution in [0.3, 0.4) is 0 Å². The van der Waals surface area contributed by atoms with Crippen molar-refractivity contribution in [3.8, 4) is 0 Å². The fraction of sp³-hybridized carbons (Fsp3) is 0.300. The van der Waals surface area contributed by atoms with Gasteiger partial charge in [0.1, 0.15) is 0 Å². The molecule has 2 amide bonds. The molecule has 1 heterocycles. The Kier molecular flexibility index (Phi) is 5.78. The second kappa shape index (κ2) is 8.23. The number of carbonyl (C=O) groups excluding carboxylic acids is 2. The van der Waals surface area contributed by atoms with Gasteiger partial charge in [-0.15, -0.1) is 0 Å². The molecule has 0 bridgehead atoms. The highest BCUT2D eigenvalue weighted by Gasteiger charge is 2.15. The van der Waals surface area contributed by atoms with Crippen molar-refractivity contribution >= 4 is 40.5 Å². The van der Waals surface area contributed by atoms with Crippen LogP contribution in [0.4, 0.5) is 17.1 Å². The molecule has 2 N–H and O–H groups in total. The van der Waals surface area contributed by atoms with Crippen LogP contribution in [0, 0.1) is 6.92 Å². The molecular formula is C20H22ClN3O2. The molecule has 2 aromatic rings. The highest BCUT2D eigenvalue weighted by Crippen LogP contribution is 2.22. The standard InChI is InChI=1S/C20H22ClN3O2/c1-14-5-6-16(13-18(14)21)23-20(26)19(25)22-15-7-9-17(10-8-15)24-11-3-2-4-12-24/h5-10,13H,2-4,11-12H2,1H3,(H,22,25)(H,23,26). The summed E-state index contributed by atoms with van der Waals surface area (Å²) < 4.78 is 0. The number of carbonyl (C=O) groups is 2. The highest BCUT2D eigenvalue weighted by atomic mass is 35.5. The summed E-state index contributed by atoms with van der Waals surface area (Å²) >= 11 is 6.03. The first-order valence-corrected chi connectivity index (χ1v) is 9.14. The zero-order valence-corrected chi connectivity index (χ0v) is 15.5. The lowest BCUT2D eigenvalue weighted by atomic mass is 10.1. The molecule has 0 atom stereocenters. The first-order valence-electron chi connectivity index (χ1n) is 8.76. The minimum Gasteiger partial charge on any atom is -0.372 e. The smallest absolute Gasteiger partial charge is 0.314 e. The molecule has 1 fully saturated rings. The molecular weight excluding hydrogens is 350 g/mol. The van der Waals surface area contributed by atoms with Gasteiger partial charge in [-0.05, 0) is 68.1 Å². The van der Waals surface area contributed by atoms with Crippen LogP contribution >= 0.6 is 11.6 Å². The molecule has 0 aromatic heterocycles. The molecule has 3 rings (SSSR count). The first kappa shape index (κ1) is 18.3. The van der Waals surface area contributed by atoms with E-state index in [1.807, 2.05) is 31.2 Å². The fourth-order valence-electron chi connectivity index (χ4n) is 2.95. The number of anilines is 3. The van der Waals surface area contributed by atoms with Gasteiger partial charge in [0.15, 0.2) is 0 Å². The molecule has 0 radical (unpaired) electrons. The number of benzene rings is 2. The Bertz CT molecular complexity index is 799. The zero-order chi connectivity index (χ0) is 18.5. The van der Waals surface area contributed by atoms with E-state index in [-0.39, 0.29) is 0 Å². The third-order valence-electron chi connectivity index (χ3n) is 4.48. The van der Waals surface area contributed by atoms with Crippen LogP contribution < -0.4 is 15.5 Å². The SMILES string of the molecule is Cc1ccc(NC(=O)C(=O)Nc2ccc(N3CCCCC3)cc2)cc1Cl. The average molecular weight is 372 g/mol. The topological polar surface area (TPSA) is 61.4 Å². The summed E-state index contributed by atoms with van der Waals surface area (Å²) in [5.41, 5.74) is 3.12. The van der Waals surface area contributed by atoms with E-state index in [9.17, 15) is 9.59 Å². The summed E-state index contributed by atoms with van der Waals surface area (Å²) in [6.45, 7) is 3.99. The third-order valence-corrected chi connectivity index (χ3v) is 4.89. The normalized spacial score (nSPS) is 14.0. The van der Waals surface area contributed by atoms with E-state index in [1.54, 1.807) is 18.2 Å². The summed E-state index contributed by atoms with van der Waals surface area (Å²) in [7, 11) is 0. The number of halogens is 1. The molecule has 1 saturated heterocycles. The van der Waals surface area contributed by atoms with Gasteiger partial charge in [0.05, 0.1) is 0 Å². The van der Waals surface area contributed by atoms with Crippen LogP contribution in [0.15, 0.2) is 42.5 Å². The second-order valence-electron chi connectivity index (χ2n) is 6.47. The Morgan fingerprint density at radius 1 is 0.885 bits per heavy atom.